The van der Waals surface area contributed by atoms with Crippen LogP contribution >= 0.6 is 11.3 Å². The summed E-state index contributed by atoms with van der Waals surface area (Å²) in [7, 11) is 0. The second kappa shape index (κ2) is 8.29. The molecular weight excluding hydrogens is 386 g/mol. The van der Waals surface area contributed by atoms with Crippen molar-refractivity contribution in [2.45, 2.75) is 53.5 Å². The number of carbonyl (C=O) groups is 2. The molecule has 3 rings (SSSR count). The molecule has 7 heteroatoms. The van der Waals surface area contributed by atoms with Gasteiger partial charge in [0.15, 0.2) is 0 Å². The fourth-order valence-electron chi connectivity index (χ4n) is 3.27. The number of thiophene rings is 1. The topological polar surface area (TPSA) is 81.1 Å². The van der Waals surface area contributed by atoms with Crippen LogP contribution in [0.3, 0.4) is 0 Å². The van der Waals surface area contributed by atoms with Crippen molar-refractivity contribution >= 4 is 38.9 Å². The number of rotatable bonds is 6. The lowest BCUT2D eigenvalue weighted by Crippen LogP contribution is -2.27. The Morgan fingerprint density at radius 2 is 1.90 bits per heavy atom. The number of para-hydroxylation sites is 1. The molecule has 152 valence electrons. The molecule has 3 aromatic rings. The number of Topliss-reactive ketones (excluding diaryl/α,β-unsaturated/α-hetero) is 1. The quantitative estimate of drug-likeness (QED) is 0.651. The van der Waals surface area contributed by atoms with Crippen LogP contribution in [0, 0.1) is 13.8 Å². The number of hydrogen-bond acceptors (Lipinski definition) is 5. The highest BCUT2D eigenvalue weighted by Gasteiger charge is 2.22. The summed E-state index contributed by atoms with van der Waals surface area (Å²) in [6.45, 7) is 9.44. The Morgan fingerprint density at radius 1 is 1.21 bits per heavy atom. The van der Waals surface area contributed by atoms with Crippen LogP contribution < -0.4 is 10.9 Å². The van der Waals surface area contributed by atoms with Gasteiger partial charge in [-0.05, 0) is 38.0 Å². The molecule has 0 aliphatic heterocycles. The lowest BCUT2D eigenvalue weighted by atomic mass is 10.1. The van der Waals surface area contributed by atoms with Crippen molar-refractivity contribution in [2.24, 2.45) is 0 Å². The van der Waals surface area contributed by atoms with Crippen molar-refractivity contribution < 1.29 is 9.59 Å². The first-order chi connectivity index (χ1) is 13.7. The van der Waals surface area contributed by atoms with Crippen molar-refractivity contribution in [1.29, 1.82) is 0 Å². The van der Waals surface area contributed by atoms with Gasteiger partial charge in [0.25, 0.3) is 11.5 Å². The standard InChI is InChI=1S/C22H25N3O3S/c1-12(2)19-24-21-17(22(28)25(19)11-10-14(4)26)15(5)18(29-21)20(27)23-16-9-7-6-8-13(16)3/h6-9,12H,10-11H2,1-5H3,(H,23,27). The summed E-state index contributed by atoms with van der Waals surface area (Å²) >= 11 is 1.23. The molecule has 1 N–H and O–H groups in total. The SMILES string of the molecule is CC(=O)CCn1c(C(C)C)nc2sc(C(=O)Nc3ccccc3C)c(C)c2c1=O. The van der Waals surface area contributed by atoms with Gasteiger partial charge in [-0.2, -0.15) is 0 Å². The Balaban J connectivity index is 2.09. The fraction of sp³-hybridized carbons (Fsp3) is 0.364. The highest BCUT2D eigenvalue weighted by Crippen LogP contribution is 2.29. The lowest BCUT2D eigenvalue weighted by Gasteiger charge is -2.14. The van der Waals surface area contributed by atoms with E-state index in [0.29, 0.717) is 33.0 Å². The predicted octanol–water partition coefficient (Wildman–Crippen LogP) is 4.43. The molecule has 0 saturated carbocycles. The number of nitrogens with one attached hydrogen (secondary N) is 1. The van der Waals surface area contributed by atoms with Crippen LogP contribution in [0.15, 0.2) is 29.1 Å². The number of nitrogens with zero attached hydrogens (tertiary/aromatic N) is 2. The second-order valence-corrected chi connectivity index (χ2v) is 8.54. The third-order valence-electron chi connectivity index (χ3n) is 4.88. The minimum atomic E-state index is -0.249. The van der Waals surface area contributed by atoms with Crippen molar-refractivity contribution in [3.05, 3.63) is 56.4 Å². The smallest absolute Gasteiger partial charge is 0.266 e. The zero-order valence-corrected chi connectivity index (χ0v) is 18.1. The summed E-state index contributed by atoms with van der Waals surface area (Å²) in [6.07, 6.45) is 0.274. The largest absolute Gasteiger partial charge is 0.321 e. The second-order valence-electron chi connectivity index (χ2n) is 7.54. The van der Waals surface area contributed by atoms with Crippen molar-refractivity contribution in [3.63, 3.8) is 0 Å². The molecule has 0 atom stereocenters. The Bertz CT molecular complexity index is 1160. The Labute approximate surface area is 173 Å². The zero-order chi connectivity index (χ0) is 21.3. The van der Waals surface area contributed by atoms with E-state index in [2.05, 4.69) is 5.32 Å². The average molecular weight is 412 g/mol. The molecule has 2 heterocycles. The predicted molar refractivity (Wildman–Crippen MR) is 117 cm³/mol. The van der Waals surface area contributed by atoms with Crippen LogP contribution in [-0.4, -0.2) is 21.2 Å². The van der Waals surface area contributed by atoms with E-state index < -0.39 is 0 Å². The zero-order valence-electron chi connectivity index (χ0n) is 17.3. The van der Waals surface area contributed by atoms with Crippen molar-refractivity contribution in [2.75, 3.05) is 5.32 Å². The summed E-state index contributed by atoms with van der Waals surface area (Å²) in [5, 5.41) is 3.39. The summed E-state index contributed by atoms with van der Waals surface area (Å²) in [5.41, 5.74) is 2.14. The average Bonchev–Trinajstić information content (AvgIpc) is 2.99. The number of amides is 1. The number of hydrogen-bond donors (Lipinski definition) is 1. The normalized spacial score (nSPS) is 11.2. The number of carbonyl (C=O) groups excluding carboxylic acids is 2. The monoisotopic (exact) mass is 411 g/mol. The maximum Gasteiger partial charge on any atom is 0.266 e. The van der Waals surface area contributed by atoms with Crippen molar-refractivity contribution in [3.8, 4) is 0 Å². The van der Waals surface area contributed by atoms with Gasteiger partial charge >= 0.3 is 0 Å². The number of aryl methyl sites for hydroxylation is 2. The summed E-state index contributed by atoms with van der Waals surface area (Å²) < 4.78 is 1.58. The third-order valence-corrected chi connectivity index (χ3v) is 6.07. The Hall–Kier alpha value is -2.80. The first-order valence-corrected chi connectivity index (χ1v) is 10.4. The first kappa shape index (κ1) is 20.9. The van der Waals surface area contributed by atoms with E-state index in [9.17, 15) is 14.4 Å². The van der Waals surface area contributed by atoms with Crippen molar-refractivity contribution in [1.82, 2.24) is 9.55 Å². The summed E-state index contributed by atoms with van der Waals surface area (Å²) in [6, 6.07) is 7.55. The highest BCUT2D eigenvalue weighted by molar-refractivity contribution is 7.20. The van der Waals surface area contributed by atoms with Crippen LogP contribution in [0.4, 0.5) is 5.69 Å². The van der Waals surface area contributed by atoms with Gasteiger partial charge in [-0.1, -0.05) is 32.0 Å². The van der Waals surface area contributed by atoms with Gasteiger partial charge in [-0.3, -0.25) is 19.0 Å². The van der Waals surface area contributed by atoms with Gasteiger partial charge in [0, 0.05) is 24.6 Å². The van der Waals surface area contributed by atoms with Gasteiger partial charge in [-0.25, -0.2) is 4.98 Å². The maximum atomic E-state index is 13.2. The molecule has 0 spiro atoms. The molecule has 1 aromatic carbocycles. The molecule has 29 heavy (non-hydrogen) atoms. The molecule has 0 saturated heterocycles. The van der Waals surface area contributed by atoms with E-state index >= 15 is 0 Å². The molecule has 0 aliphatic carbocycles. The van der Waals surface area contributed by atoms with Crippen LogP contribution in [0.5, 0.6) is 0 Å². The molecule has 0 aliphatic rings. The van der Waals surface area contributed by atoms with E-state index in [1.165, 1.54) is 18.3 Å². The fourth-order valence-corrected chi connectivity index (χ4v) is 4.34. The molecular formula is C22H25N3O3S. The number of ketones is 1. The van der Waals surface area contributed by atoms with Crippen LogP contribution in [0.2, 0.25) is 0 Å². The van der Waals surface area contributed by atoms with Gasteiger partial charge in [0.2, 0.25) is 0 Å². The highest BCUT2D eigenvalue weighted by atomic mass is 32.1. The molecule has 0 radical (unpaired) electrons. The number of anilines is 1. The maximum absolute atomic E-state index is 13.2. The van der Waals surface area contributed by atoms with Crippen LogP contribution in [-0.2, 0) is 11.3 Å². The molecule has 0 unspecified atom stereocenters. The van der Waals surface area contributed by atoms with E-state index in [1.54, 1.807) is 11.5 Å². The van der Waals surface area contributed by atoms with E-state index in [1.807, 2.05) is 45.0 Å². The van der Waals surface area contributed by atoms with Gasteiger partial charge in [-0.15, -0.1) is 11.3 Å². The third kappa shape index (κ3) is 4.15. The number of benzene rings is 1. The minimum Gasteiger partial charge on any atom is -0.321 e. The van der Waals surface area contributed by atoms with Gasteiger partial charge < -0.3 is 5.32 Å². The number of fused-ring (bicyclic) bond motifs is 1. The molecule has 1 amide bonds. The summed E-state index contributed by atoms with van der Waals surface area (Å²) in [4.78, 5) is 43.3. The lowest BCUT2D eigenvalue weighted by molar-refractivity contribution is -0.117. The van der Waals surface area contributed by atoms with Crippen LogP contribution in [0.1, 0.15) is 59.7 Å². The summed E-state index contributed by atoms with van der Waals surface area (Å²) in [5.74, 6) is 0.425. The minimum absolute atomic E-state index is 0.0192. The first-order valence-electron chi connectivity index (χ1n) is 9.61. The van der Waals surface area contributed by atoms with Gasteiger partial charge in [0.1, 0.15) is 16.4 Å². The van der Waals surface area contributed by atoms with E-state index in [0.717, 1.165) is 11.3 Å². The molecule has 2 aromatic heterocycles. The molecule has 6 nitrogen and oxygen atoms in total. The van der Waals surface area contributed by atoms with Crippen LogP contribution in [0.25, 0.3) is 10.2 Å². The molecule has 0 fully saturated rings. The van der Waals surface area contributed by atoms with E-state index in [-0.39, 0.29) is 29.6 Å². The Kier molecular flexibility index (Phi) is 5.98. The van der Waals surface area contributed by atoms with E-state index in [4.69, 9.17) is 4.98 Å². The van der Waals surface area contributed by atoms with Gasteiger partial charge in [0.05, 0.1) is 10.3 Å². The number of aromatic nitrogens is 2. The molecule has 0 bridgehead atoms. The Morgan fingerprint density at radius 3 is 2.52 bits per heavy atom.